The highest BCUT2D eigenvalue weighted by atomic mass is 15.3. The lowest BCUT2D eigenvalue weighted by atomic mass is 10.1. The largest absolute Gasteiger partial charge is 0.298 e. The van der Waals surface area contributed by atoms with Crippen LogP contribution in [0.25, 0.3) is 0 Å². The molecule has 0 unspecified atom stereocenters. The van der Waals surface area contributed by atoms with Crippen molar-refractivity contribution < 1.29 is 0 Å². The first kappa shape index (κ1) is 16.0. The molecule has 1 heterocycles. The number of nitrogens with zero attached hydrogens (tertiary/aromatic N) is 2. The van der Waals surface area contributed by atoms with E-state index < -0.39 is 0 Å². The fourth-order valence-corrected chi connectivity index (χ4v) is 4.05. The Kier molecular flexibility index (Phi) is 5.91. The highest BCUT2D eigenvalue weighted by Crippen LogP contribution is 2.23. The van der Waals surface area contributed by atoms with Gasteiger partial charge in [0.25, 0.3) is 0 Å². The Morgan fingerprint density at radius 1 is 0.818 bits per heavy atom. The summed E-state index contributed by atoms with van der Waals surface area (Å²) in [6.45, 7) is 8.39. The van der Waals surface area contributed by atoms with Crippen LogP contribution in [-0.2, 0) is 13.0 Å². The van der Waals surface area contributed by atoms with Gasteiger partial charge >= 0.3 is 0 Å². The normalized spacial score (nSPS) is 22.6. The molecule has 2 nitrogen and oxygen atoms in total. The molecule has 0 aromatic heterocycles. The Bertz CT molecular complexity index is 424. The maximum atomic E-state index is 2.78. The summed E-state index contributed by atoms with van der Waals surface area (Å²) >= 11 is 0. The van der Waals surface area contributed by atoms with Crippen LogP contribution in [0.15, 0.2) is 24.3 Å². The van der Waals surface area contributed by atoms with Gasteiger partial charge in [0.2, 0.25) is 0 Å². The van der Waals surface area contributed by atoms with E-state index in [9.17, 15) is 0 Å². The molecule has 0 amide bonds. The quantitative estimate of drug-likeness (QED) is 0.773. The van der Waals surface area contributed by atoms with E-state index in [-0.39, 0.29) is 0 Å². The van der Waals surface area contributed by atoms with Gasteiger partial charge in [-0.1, -0.05) is 56.9 Å². The monoisotopic (exact) mass is 300 g/mol. The number of aryl methyl sites for hydroxylation is 1. The van der Waals surface area contributed by atoms with E-state index in [1.54, 1.807) is 0 Å². The zero-order valence-corrected chi connectivity index (χ0v) is 14.3. The van der Waals surface area contributed by atoms with Crippen molar-refractivity contribution in [2.24, 2.45) is 0 Å². The van der Waals surface area contributed by atoms with Gasteiger partial charge in [-0.25, -0.2) is 0 Å². The average molecular weight is 300 g/mol. The zero-order chi connectivity index (χ0) is 15.2. The Hall–Kier alpha value is -0.860. The first-order valence-electron chi connectivity index (χ1n) is 9.39. The van der Waals surface area contributed by atoms with Gasteiger partial charge in [0.15, 0.2) is 0 Å². The third-order valence-corrected chi connectivity index (χ3v) is 5.59. The number of hydrogen-bond donors (Lipinski definition) is 0. The summed E-state index contributed by atoms with van der Waals surface area (Å²) in [5.74, 6) is 0. The van der Waals surface area contributed by atoms with E-state index in [1.807, 2.05) is 0 Å². The van der Waals surface area contributed by atoms with Crippen LogP contribution in [0.3, 0.4) is 0 Å². The maximum Gasteiger partial charge on any atom is 0.0234 e. The van der Waals surface area contributed by atoms with E-state index in [0.29, 0.717) is 0 Å². The molecule has 1 aliphatic heterocycles. The molecule has 2 aliphatic rings. The standard InChI is InChI=1S/C20H32N2/c1-2-18-9-11-19(12-10-18)17-21-13-15-22(16-14-21)20-7-5-3-4-6-8-20/h9-12,20H,2-8,13-17H2,1H3. The average Bonchev–Trinajstić information content (AvgIpc) is 2.86. The first-order chi connectivity index (χ1) is 10.8. The molecule has 22 heavy (non-hydrogen) atoms. The lowest BCUT2D eigenvalue weighted by Crippen LogP contribution is -2.49. The van der Waals surface area contributed by atoms with Gasteiger partial charge in [-0.2, -0.15) is 0 Å². The van der Waals surface area contributed by atoms with Crippen molar-refractivity contribution >= 4 is 0 Å². The van der Waals surface area contributed by atoms with E-state index >= 15 is 0 Å². The van der Waals surface area contributed by atoms with Gasteiger partial charge in [-0.3, -0.25) is 9.80 Å². The molecular formula is C20H32N2. The van der Waals surface area contributed by atoms with Crippen molar-refractivity contribution in [1.29, 1.82) is 0 Å². The minimum absolute atomic E-state index is 0.883. The van der Waals surface area contributed by atoms with Gasteiger partial charge < -0.3 is 0 Å². The lowest BCUT2D eigenvalue weighted by Gasteiger charge is -2.39. The summed E-state index contributed by atoms with van der Waals surface area (Å²) in [4.78, 5) is 5.41. The molecule has 3 rings (SSSR count). The molecule has 1 saturated heterocycles. The summed E-state index contributed by atoms with van der Waals surface area (Å²) in [5, 5.41) is 0. The van der Waals surface area contributed by atoms with Crippen molar-refractivity contribution in [1.82, 2.24) is 9.80 Å². The second kappa shape index (κ2) is 8.12. The molecule has 2 heteroatoms. The topological polar surface area (TPSA) is 6.48 Å². The Labute approximate surface area is 136 Å². The molecule has 0 radical (unpaired) electrons. The van der Waals surface area contributed by atoms with Crippen LogP contribution in [-0.4, -0.2) is 42.0 Å². The molecule has 0 atom stereocenters. The molecule has 0 spiro atoms. The van der Waals surface area contributed by atoms with Crippen molar-refractivity contribution in [3.63, 3.8) is 0 Å². The van der Waals surface area contributed by atoms with Crippen LogP contribution < -0.4 is 0 Å². The van der Waals surface area contributed by atoms with Crippen LogP contribution >= 0.6 is 0 Å². The van der Waals surface area contributed by atoms with E-state index in [0.717, 1.165) is 19.0 Å². The molecule has 0 N–H and O–H groups in total. The molecule has 1 aromatic carbocycles. The second-order valence-corrected chi connectivity index (χ2v) is 7.13. The fraction of sp³-hybridized carbons (Fsp3) is 0.700. The molecule has 2 fully saturated rings. The predicted molar refractivity (Wildman–Crippen MR) is 94.2 cm³/mol. The third kappa shape index (κ3) is 4.33. The van der Waals surface area contributed by atoms with Crippen LogP contribution in [0, 0.1) is 0 Å². The molecule has 0 bridgehead atoms. The summed E-state index contributed by atoms with van der Waals surface area (Å²) in [6.07, 6.45) is 9.86. The number of hydrogen-bond acceptors (Lipinski definition) is 2. The second-order valence-electron chi connectivity index (χ2n) is 7.13. The van der Waals surface area contributed by atoms with Crippen LogP contribution in [0.1, 0.15) is 56.6 Å². The van der Waals surface area contributed by atoms with Crippen molar-refractivity contribution in [2.45, 2.75) is 64.5 Å². The highest BCUT2D eigenvalue weighted by Gasteiger charge is 2.24. The number of piperazine rings is 1. The first-order valence-corrected chi connectivity index (χ1v) is 9.39. The molecule has 1 aliphatic carbocycles. The number of benzene rings is 1. The van der Waals surface area contributed by atoms with Crippen LogP contribution in [0.5, 0.6) is 0 Å². The molecule has 122 valence electrons. The van der Waals surface area contributed by atoms with Crippen LogP contribution in [0.4, 0.5) is 0 Å². The zero-order valence-electron chi connectivity index (χ0n) is 14.3. The Morgan fingerprint density at radius 2 is 1.41 bits per heavy atom. The molecule has 1 saturated carbocycles. The highest BCUT2D eigenvalue weighted by molar-refractivity contribution is 5.22. The minimum Gasteiger partial charge on any atom is -0.298 e. The smallest absolute Gasteiger partial charge is 0.0234 e. The van der Waals surface area contributed by atoms with Gasteiger partial charge in [0.1, 0.15) is 0 Å². The van der Waals surface area contributed by atoms with Gasteiger partial charge in [0, 0.05) is 38.8 Å². The van der Waals surface area contributed by atoms with Gasteiger partial charge in [-0.15, -0.1) is 0 Å². The summed E-state index contributed by atoms with van der Waals surface area (Å²) < 4.78 is 0. The minimum atomic E-state index is 0.883. The Morgan fingerprint density at radius 3 is 2.00 bits per heavy atom. The molecule has 1 aromatic rings. The van der Waals surface area contributed by atoms with Gasteiger partial charge in [-0.05, 0) is 30.4 Å². The van der Waals surface area contributed by atoms with E-state index in [2.05, 4.69) is 41.0 Å². The van der Waals surface area contributed by atoms with Crippen LogP contribution in [0.2, 0.25) is 0 Å². The predicted octanol–water partition coefficient (Wildman–Crippen LogP) is 4.09. The fourth-order valence-electron chi connectivity index (χ4n) is 4.05. The SMILES string of the molecule is CCc1ccc(CN2CCN(C3CCCCCC3)CC2)cc1. The summed E-state index contributed by atoms with van der Waals surface area (Å²) in [7, 11) is 0. The molecular weight excluding hydrogens is 268 g/mol. The van der Waals surface area contributed by atoms with Gasteiger partial charge in [0.05, 0.1) is 0 Å². The van der Waals surface area contributed by atoms with Crippen molar-refractivity contribution in [3.8, 4) is 0 Å². The third-order valence-electron chi connectivity index (χ3n) is 5.59. The van der Waals surface area contributed by atoms with E-state index in [4.69, 9.17) is 0 Å². The Balaban J connectivity index is 1.46. The maximum absolute atomic E-state index is 2.78. The van der Waals surface area contributed by atoms with E-state index in [1.165, 1.54) is 75.8 Å². The summed E-state index contributed by atoms with van der Waals surface area (Å²) in [6, 6.07) is 10.1. The number of rotatable bonds is 4. The lowest BCUT2D eigenvalue weighted by molar-refractivity contribution is 0.0851. The van der Waals surface area contributed by atoms with Crippen molar-refractivity contribution in [2.75, 3.05) is 26.2 Å². The summed E-state index contributed by atoms with van der Waals surface area (Å²) in [5.41, 5.74) is 2.92. The van der Waals surface area contributed by atoms with Crippen molar-refractivity contribution in [3.05, 3.63) is 35.4 Å².